The lowest BCUT2D eigenvalue weighted by Gasteiger charge is -2.32. The Balaban J connectivity index is 2.75. The lowest BCUT2D eigenvalue weighted by atomic mass is 10.3. The molecule has 19 heavy (non-hydrogen) atoms. The van der Waals surface area contributed by atoms with E-state index in [0.717, 1.165) is 15.5 Å². The van der Waals surface area contributed by atoms with Crippen LogP contribution in [-0.4, -0.2) is 5.16 Å². The van der Waals surface area contributed by atoms with Gasteiger partial charge in [0.2, 0.25) is 0 Å². The van der Waals surface area contributed by atoms with E-state index in [9.17, 15) is 4.57 Å². The van der Waals surface area contributed by atoms with Crippen LogP contribution in [0.3, 0.4) is 0 Å². The molecule has 0 aromatic heterocycles. The van der Waals surface area contributed by atoms with E-state index in [0.29, 0.717) is 0 Å². The van der Waals surface area contributed by atoms with Gasteiger partial charge in [-0.05, 0) is 6.07 Å². The van der Waals surface area contributed by atoms with Crippen molar-refractivity contribution >= 4 is 30.4 Å². The van der Waals surface area contributed by atoms with Crippen molar-refractivity contribution in [3.63, 3.8) is 0 Å². The molecule has 0 aliphatic carbocycles. The molecule has 1 nitrogen and oxygen atoms in total. The molecule has 0 bridgehead atoms. The summed E-state index contributed by atoms with van der Waals surface area (Å²) in [4.78, 5) is 0.796. The number of benzene rings is 2. The van der Waals surface area contributed by atoms with Crippen molar-refractivity contribution in [2.24, 2.45) is 0 Å². The first-order valence-electron chi connectivity index (χ1n) is 6.32. The average molecular weight is 290 g/mol. The van der Waals surface area contributed by atoms with Gasteiger partial charge >= 0.3 is 0 Å². The second kappa shape index (κ2) is 5.19. The molecule has 0 fully saturated rings. The van der Waals surface area contributed by atoms with Crippen LogP contribution in [0.4, 0.5) is 0 Å². The van der Waals surface area contributed by atoms with Crippen LogP contribution in [0.2, 0.25) is 0 Å². The molecule has 0 unspecified atom stereocenters. The molecule has 0 saturated heterocycles. The lowest BCUT2D eigenvalue weighted by molar-refractivity contribution is 0.563. The van der Waals surface area contributed by atoms with Crippen LogP contribution >= 0.6 is 19.8 Å². The maximum Gasteiger partial charge on any atom is 0.149 e. The van der Waals surface area contributed by atoms with Gasteiger partial charge in [-0.15, -0.1) is 12.6 Å². The van der Waals surface area contributed by atoms with Crippen LogP contribution in [-0.2, 0) is 4.57 Å². The van der Waals surface area contributed by atoms with Gasteiger partial charge in [-0.1, -0.05) is 69.3 Å². The van der Waals surface area contributed by atoms with Gasteiger partial charge in [0.05, 0.1) is 0 Å². The topological polar surface area (TPSA) is 17.1 Å². The van der Waals surface area contributed by atoms with Gasteiger partial charge in [0, 0.05) is 20.7 Å². The fraction of sp³-hybridized carbons (Fsp3) is 0.250. The maximum atomic E-state index is 13.8. The van der Waals surface area contributed by atoms with Gasteiger partial charge in [-0.2, -0.15) is 0 Å². The van der Waals surface area contributed by atoms with E-state index in [1.54, 1.807) is 0 Å². The molecular weight excluding hydrogens is 271 g/mol. The number of hydrogen-bond acceptors (Lipinski definition) is 2. The van der Waals surface area contributed by atoms with E-state index in [1.165, 1.54) is 0 Å². The van der Waals surface area contributed by atoms with Crippen molar-refractivity contribution in [3.8, 4) is 0 Å². The summed E-state index contributed by atoms with van der Waals surface area (Å²) < 4.78 is 13.8. The molecule has 0 radical (unpaired) electrons. The smallest absolute Gasteiger partial charge is 0.149 e. The summed E-state index contributed by atoms with van der Waals surface area (Å²) in [5.41, 5.74) is 0. The molecule has 100 valence electrons. The highest BCUT2D eigenvalue weighted by molar-refractivity contribution is 7.84. The van der Waals surface area contributed by atoms with Crippen LogP contribution in [0.15, 0.2) is 59.5 Å². The van der Waals surface area contributed by atoms with Crippen LogP contribution in [0.5, 0.6) is 0 Å². The average Bonchev–Trinajstić information content (AvgIpc) is 2.38. The highest BCUT2D eigenvalue weighted by atomic mass is 32.1. The summed E-state index contributed by atoms with van der Waals surface area (Å²) in [6, 6.07) is 17.4. The highest BCUT2D eigenvalue weighted by Crippen LogP contribution is 2.56. The summed E-state index contributed by atoms with van der Waals surface area (Å²) >= 11 is 4.50. The van der Waals surface area contributed by atoms with Gasteiger partial charge in [-0.3, -0.25) is 0 Å². The Morgan fingerprint density at radius 2 is 1.42 bits per heavy atom. The minimum atomic E-state index is -2.72. The first-order chi connectivity index (χ1) is 8.87. The number of thiol groups is 1. The van der Waals surface area contributed by atoms with Gasteiger partial charge in [0.15, 0.2) is 0 Å². The fourth-order valence-corrected chi connectivity index (χ4v) is 5.90. The largest absolute Gasteiger partial charge is 0.313 e. The Bertz CT molecular complexity index is 614. The molecule has 3 heteroatoms. The SMILES string of the molecule is CC(C)(C)[P@@](=O)(c1ccccc1)c1ccccc1S. The first-order valence-corrected chi connectivity index (χ1v) is 8.47. The summed E-state index contributed by atoms with van der Waals surface area (Å²) in [6.45, 7) is 6.09. The second-order valence-electron chi connectivity index (χ2n) is 5.60. The van der Waals surface area contributed by atoms with Crippen molar-refractivity contribution in [1.82, 2.24) is 0 Å². The third kappa shape index (κ3) is 2.52. The summed E-state index contributed by atoms with van der Waals surface area (Å²) in [5.74, 6) is 0. The summed E-state index contributed by atoms with van der Waals surface area (Å²) in [5, 5.41) is 1.40. The molecule has 2 rings (SSSR count). The molecule has 0 aliphatic heterocycles. The Morgan fingerprint density at radius 3 is 1.95 bits per heavy atom. The van der Waals surface area contributed by atoms with Gasteiger partial charge < -0.3 is 4.57 Å². The third-order valence-electron chi connectivity index (χ3n) is 3.29. The van der Waals surface area contributed by atoms with E-state index in [1.807, 2.05) is 75.4 Å². The van der Waals surface area contributed by atoms with E-state index in [4.69, 9.17) is 0 Å². The quantitative estimate of drug-likeness (QED) is 0.651. The molecule has 0 heterocycles. The maximum absolute atomic E-state index is 13.8. The van der Waals surface area contributed by atoms with E-state index < -0.39 is 7.14 Å². The fourth-order valence-electron chi connectivity index (χ4n) is 2.26. The predicted octanol–water partition coefficient (Wildman–Crippen LogP) is 4.09. The number of rotatable bonds is 2. The van der Waals surface area contributed by atoms with Crippen LogP contribution in [0.25, 0.3) is 0 Å². The molecular formula is C16H19OPS. The molecule has 2 aromatic rings. The van der Waals surface area contributed by atoms with E-state index >= 15 is 0 Å². The molecule has 0 spiro atoms. The van der Waals surface area contributed by atoms with Crippen LogP contribution in [0, 0.1) is 0 Å². The van der Waals surface area contributed by atoms with Crippen molar-refractivity contribution in [3.05, 3.63) is 54.6 Å². The molecule has 2 aromatic carbocycles. The molecule has 0 aliphatic rings. The Labute approximate surface area is 120 Å². The summed E-state index contributed by atoms with van der Waals surface area (Å²) in [7, 11) is -2.72. The van der Waals surface area contributed by atoms with Gasteiger partial charge in [0.1, 0.15) is 7.14 Å². The van der Waals surface area contributed by atoms with Crippen molar-refractivity contribution < 1.29 is 4.57 Å². The second-order valence-corrected chi connectivity index (χ2v) is 9.64. The normalized spacial score (nSPS) is 14.9. The standard InChI is InChI=1S/C16H19OPS/c1-16(2,3)18(17,13-9-5-4-6-10-13)14-11-7-8-12-15(14)19/h4-12,19H,1-3H3/t18-/m1/s1. The Hall–Kier alpha value is -0.980. The molecule has 1 atom stereocenters. The molecule has 0 N–H and O–H groups in total. The highest BCUT2D eigenvalue weighted by Gasteiger charge is 2.40. The summed E-state index contributed by atoms with van der Waals surface area (Å²) in [6.07, 6.45) is 0. The van der Waals surface area contributed by atoms with E-state index in [2.05, 4.69) is 12.6 Å². The minimum absolute atomic E-state index is 0.340. The number of hydrogen-bond donors (Lipinski definition) is 1. The lowest BCUT2D eigenvalue weighted by Crippen LogP contribution is -2.31. The van der Waals surface area contributed by atoms with Gasteiger partial charge in [-0.25, -0.2) is 0 Å². The van der Waals surface area contributed by atoms with Crippen LogP contribution in [0.1, 0.15) is 20.8 Å². The van der Waals surface area contributed by atoms with Crippen molar-refractivity contribution in [1.29, 1.82) is 0 Å². The minimum Gasteiger partial charge on any atom is -0.313 e. The van der Waals surface area contributed by atoms with E-state index in [-0.39, 0.29) is 5.16 Å². The first kappa shape index (κ1) is 14.4. The van der Waals surface area contributed by atoms with Gasteiger partial charge in [0.25, 0.3) is 0 Å². The Kier molecular flexibility index (Phi) is 3.94. The molecule has 0 saturated carbocycles. The van der Waals surface area contributed by atoms with Crippen molar-refractivity contribution in [2.75, 3.05) is 0 Å². The van der Waals surface area contributed by atoms with Crippen LogP contribution < -0.4 is 10.6 Å². The zero-order valence-electron chi connectivity index (χ0n) is 11.5. The Morgan fingerprint density at radius 1 is 0.895 bits per heavy atom. The molecule has 0 amide bonds. The zero-order chi connectivity index (χ0) is 14.1. The zero-order valence-corrected chi connectivity index (χ0v) is 13.3. The predicted molar refractivity (Wildman–Crippen MR) is 86.8 cm³/mol. The van der Waals surface area contributed by atoms with Crippen molar-refractivity contribution in [2.45, 2.75) is 30.8 Å². The monoisotopic (exact) mass is 290 g/mol. The third-order valence-corrected chi connectivity index (χ3v) is 7.84.